The van der Waals surface area contributed by atoms with Crippen molar-refractivity contribution in [3.05, 3.63) is 56.5 Å². The number of benzene rings is 2. The van der Waals surface area contributed by atoms with E-state index in [-0.39, 0.29) is 70.6 Å². The van der Waals surface area contributed by atoms with Crippen molar-refractivity contribution in [2.24, 2.45) is 0 Å². The van der Waals surface area contributed by atoms with E-state index in [1.54, 1.807) is 0 Å². The molecule has 0 aliphatic heterocycles. The van der Waals surface area contributed by atoms with Crippen molar-refractivity contribution in [2.45, 2.75) is 0 Å². The van der Waals surface area contributed by atoms with Crippen molar-refractivity contribution in [1.29, 1.82) is 0 Å². The largest absolute Gasteiger partial charge is 3.00 e. The Hall–Kier alpha value is 0.793. The van der Waals surface area contributed by atoms with Crippen LogP contribution in [0.3, 0.4) is 0 Å². The van der Waals surface area contributed by atoms with Crippen LogP contribution in [0, 0.1) is 0 Å². The summed E-state index contributed by atoms with van der Waals surface area (Å²) in [5, 5.41) is 41.3. The fourth-order valence-electron chi connectivity index (χ4n) is 1.32. The topological polar surface area (TPSA) is 111 Å². The molecule has 0 fully saturated rings. The normalized spacial score (nSPS) is 8.92. The summed E-state index contributed by atoms with van der Waals surface area (Å²) in [6.07, 6.45) is 0. The van der Waals surface area contributed by atoms with Crippen LogP contribution >= 0.6 is 46.4 Å². The van der Waals surface area contributed by atoms with E-state index in [1.165, 1.54) is 36.4 Å². The maximum absolute atomic E-state index is 10.0. The first kappa shape index (κ1) is 29.0. The molecule has 0 aliphatic carbocycles. The van der Waals surface area contributed by atoms with Crippen LogP contribution in [-0.4, -0.2) is 14.6 Å². The van der Waals surface area contributed by atoms with Crippen LogP contribution in [0.25, 0.3) is 0 Å². The van der Waals surface area contributed by atoms with Gasteiger partial charge >= 0.3 is 49.0 Å². The molecule has 26 heavy (non-hydrogen) atoms. The van der Waals surface area contributed by atoms with E-state index in [0.29, 0.717) is 10.0 Å². The van der Waals surface area contributed by atoms with Crippen LogP contribution in [0.15, 0.2) is 36.4 Å². The third-order valence-corrected chi connectivity index (χ3v) is 3.72. The molecule has 14 heteroatoms. The predicted octanol–water partition coefficient (Wildman–Crippen LogP) is -2.84. The first-order valence-electron chi connectivity index (χ1n) is 6.05. The number of halogens is 4. The molecule has 0 spiro atoms. The van der Waals surface area contributed by atoms with Crippen LogP contribution in [0.2, 0.25) is 20.1 Å². The second kappa shape index (κ2) is 14.7. The third-order valence-electron chi connectivity index (χ3n) is 2.25. The van der Waals surface area contributed by atoms with Gasteiger partial charge < -0.3 is 29.4 Å². The maximum Gasteiger partial charge on any atom is 3.00 e. The Morgan fingerprint density at radius 2 is 0.923 bits per heavy atom. The minimum atomic E-state index is -2.35. The molecular weight excluding hydrogens is 528 g/mol. The van der Waals surface area contributed by atoms with Crippen LogP contribution in [-0.2, 0) is 19.5 Å². The molecule has 0 heterocycles. The fraction of sp³-hybridized carbons (Fsp3) is 0. The van der Waals surface area contributed by atoms with Gasteiger partial charge in [0.2, 0.25) is 0 Å². The molecule has 0 unspecified atom stereocenters. The van der Waals surface area contributed by atoms with E-state index in [9.17, 15) is 20.1 Å². The van der Waals surface area contributed by atoms with Gasteiger partial charge in [0.05, 0.1) is 31.6 Å². The molecule has 2 rings (SSSR count). The molecular formula is C12H6B2Cl4NaO6Ru. The van der Waals surface area contributed by atoms with Crippen molar-refractivity contribution in [1.82, 2.24) is 0 Å². The summed E-state index contributed by atoms with van der Waals surface area (Å²) < 4.78 is 8.59. The summed E-state index contributed by atoms with van der Waals surface area (Å²) in [4.78, 5) is 0. The predicted molar refractivity (Wildman–Crippen MR) is 85.7 cm³/mol. The van der Waals surface area contributed by atoms with Gasteiger partial charge in [0, 0.05) is 0 Å². The van der Waals surface area contributed by atoms with Crippen molar-refractivity contribution >= 4 is 61.0 Å². The Morgan fingerprint density at radius 3 is 1.15 bits per heavy atom. The minimum Gasteiger partial charge on any atom is -0.860 e. The van der Waals surface area contributed by atoms with E-state index in [1.807, 2.05) is 0 Å². The second-order valence-electron chi connectivity index (χ2n) is 3.96. The van der Waals surface area contributed by atoms with Gasteiger partial charge in [0.15, 0.2) is 0 Å². The van der Waals surface area contributed by atoms with Crippen molar-refractivity contribution in [2.75, 3.05) is 0 Å². The van der Waals surface area contributed by atoms with Gasteiger partial charge in [-0.25, -0.2) is 0 Å². The van der Waals surface area contributed by atoms with E-state index < -0.39 is 14.6 Å². The molecule has 6 nitrogen and oxygen atoms in total. The maximum atomic E-state index is 10.0. The standard InChI is InChI=1S/2C6H3BCl2O3.Na.Ru/c2*8-5-2-1-4(3-6(5)9)12-7(10)11;;/h2*1-3H;;/q2*-2;+1;+3. The average Bonchev–Trinajstić information content (AvgIpc) is 2.46. The van der Waals surface area contributed by atoms with E-state index in [0.717, 1.165) is 0 Å². The molecule has 1 radical (unpaired) electrons. The monoisotopic (exact) mass is 533 g/mol. The van der Waals surface area contributed by atoms with Gasteiger partial charge in [-0.05, 0) is 36.4 Å². The van der Waals surface area contributed by atoms with Gasteiger partial charge in [-0.15, -0.1) is 0 Å². The molecule has 0 N–H and O–H groups in total. The molecule has 0 atom stereocenters. The van der Waals surface area contributed by atoms with Gasteiger partial charge in [0.1, 0.15) is 14.6 Å². The summed E-state index contributed by atoms with van der Waals surface area (Å²) in [6.45, 7) is 0. The molecule has 0 bridgehead atoms. The van der Waals surface area contributed by atoms with Crippen LogP contribution in [0.5, 0.6) is 11.5 Å². The molecule has 0 aliphatic rings. The average molecular weight is 534 g/mol. The Bertz CT molecular complexity index is 629. The van der Waals surface area contributed by atoms with Gasteiger partial charge in [-0.3, -0.25) is 0 Å². The van der Waals surface area contributed by atoms with Crippen molar-refractivity contribution in [3.8, 4) is 11.5 Å². The number of hydrogen-bond acceptors (Lipinski definition) is 6. The molecule has 133 valence electrons. The molecule has 2 aromatic rings. The molecule has 0 aromatic heterocycles. The first-order chi connectivity index (χ1) is 11.2. The smallest absolute Gasteiger partial charge is 0.860 e. The van der Waals surface area contributed by atoms with Crippen molar-refractivity contribution < 1.29 is 78.4 Å². The molecule has 0 saturated carbocycles. The zero-order valence-electron chi connectivity index (χ0n) is 12.9. The number of hydrogen-bond donors (Lipinski definition) is 0. The third kappa shape index (κ3) is 11.6. The molecule has 2 aromatic carbocycles. The Labute approximate surface area is 205 Å². The zero-order chi connectivity index (χ0) is 18.3. The van der Waals surface area contributed by atoms with Crippen LogP contribution < -0.4 is 59.0 Å². The van der Waals surface area contributed by atoms with Gasteiger partial charge in [-0.2, -0.15) is 0 Å². The summed E-state index contributed by atoms with van der Waals surface area (Å²) >= 11 is 22.3. The Kier molecular flexibility index (Phi) is 16.4. The van der Waals surface area contributed by atoms with Gasteiger partial charge in [-0.1, -0.05) is 46.4 Å². The first-order valence-corrected chi connectivity index (χ1v) is 7.57. The summed E-state index contributed by atoms with van der Waals surface area (Å²) in [5.74, 6) is 0.249. The zero-order valence-corrected chi connectivity index (χ0v) is 19.7. The molecule has 0 saturated heterocycles. The Morgan fingerprint density at radius 1 is 0.615 bits per heavy atom. The van der Waals surface area contributed by atoms with Crippen LogP contribution in [0.1, 0.15) is 0 Å². The van der Waals surface area contributed by atoms with Crippen molar-refractivity contribution in [3.63, 3.8) is 0 Å². The van der Waals surface area contributed by atoms with E-state index in [2.05, 4.69) is 9.31 Å². The Balaban J connectivity index is 0. The fourth-order valence-corrected chi connectivity index (χ4v) is 1.90. The summed E-state index contributed by atoms with van der Waals surface area (Å²) in [6, 6.07) is 8.32. The van der Waals surface area contributed by atoms with Crippen LogP contribution in [0.4, 0.5) is 0 Å². The van der Waals surface area contributed by atoms with E-state index in [4.69, 9.17) is 46.4 Å². The second-order valence-corrected chi connectivity index (χ2v) is 5.59. The SMILES string of the molecule is [Na+].[O-]B([O-])Oc1ccc(Cl)c(Cl)c1.[O-]B([O-])Oc1ccc(Cl)c(Cl)c1.[Ru+3]. The van der Waals surface area contributed by atoms with E-state index >= 15 is 0 Å². The summed E-state index contributed by atoms with van der Waals surface area (Å²) in [5.41, 5.74) is 0. The molecule has 0 amide bonds. The minimum absolute atomic E-state index is 0. The summed E-state index contributed by atoms with van der Waals surface area (Å²) in [7, 11) is -4.69. The van der Waals surface area contributed by atoms with Gasteiger partial charge in [0.25, 0.3) is 0 Å². The number of rotatable bonds is 4. The quantitative estimate of drug-likeness (QED) is 0.392.